The Morgan fingerprint density at radius 1 is 1.12 bits per heavy atom. The van der Waals surface area contributed by atoms with Crippen LogP contribution in [0, 0.1) is 13.8 Å². The molecule has 0 saturated heterocycles. The van der Waals surface area contributed by atoms with Gasteiger partial charge in [-0.25, -0.2) is 4.79 Å². The van der Waals surface area contributed by atoms with Crippen LogP contribution in [-0.4, -0.2) is 36.2 Å². The molecule has 6 nitrogen and oxygen atoms in total. The lowest BCUT2D eigenvalue weighted by atomic mass is 10.1. The van der Waals surface area contributed by atoms with Gasteiger partial charge < -0.3 is 14.5 Å². The van der Waals surface area contributed by atoms with Crippen LogP contribution in [0.25, 0.3) is 0 Å². The summed E-state index contributed by atoms with van der Waals surface area (Å²) in [5, 5.41) is 0. The Bertz CT molecular complexity index is 804. The number of carbonyl (C=O) groups is 3. The van der Waals surface area contributed by atoms with Gasteiger partial charge in [-0.2, -0.15) is 0 Å². The summed E-state index contributed by atoms with van der Waals surface area (Å²) >= 11 is 0. The van der Waals surface area contributed by atoms with Crippen LogP contribution in [0.5, 0.6) is 5.75 Å². The van der Waals surface area contributed by atoms with Gasteiger partial charge in [-0.15, -0.1) is 0 Å². The predicted octanol–water partition coefficient (Wildman–Crippen LogP) is 2.88. The minimum absolute atomic E-state index is 0.0998. The van der Waals surface area contributed by atoms with Crippen molar-refractivity contribution in [1.29, 1.82) is 0 Å². The van der Waals surface area contributed by atoms with Crippen LogP contribution in [0.15, 0.2) is 24.3 Å². The van der Waals surface area contributed by atoms with E-state index in [1.54, 1.807) is 38.1 Å². The molecule has 2 rings (SSSR count). The highest BCUT2D eigenvalue weighted by Gasteiger charge is 2.21. The van der Waals surface area contributed by atoms with Crippen molar-refractivity contribution < 1.29 is 23.9 Å². The molecule has 0 saturated carbocycles. The van der Waals surface area contributed by atoms with E-state index in [1.807, 2.05) is 0 Å². The Morgan fingerprint density at radius 2 is 1.79 bits per heavy atom. The van der Waals surface area contributed by atoms with Gasteiger partial charge in [0.2, 0.25) is 5.78 Å². The molecule has 0 unspecified atom stereocenters. The molecule has 0 radical (unpaired) electrons. The number of esters is 1. The van der Waals surface area contributed by atoms with Gasteiger partial charge in [0.05, 0.1) is 12.8 Å². The molecule has 6 heteroatoms. The molecule has 24 heavy (non-hydrogen) atoms. The zero-order valence-electron chi connectivity index (χ0n) is 14.1. The molecule has 1 aromatic carbocycles. The number of aryl methyl sites for hydroxylation is 1. The molecule has 1 aromatic heterocycles. The fourth-order valence-corrected chi connectivity index (χ4v) is 2.64. The molecule has 1 heterocycles. The molecule has 0 fully saturated rings. The first-order valence-electron chi connectivity index (χ1n) is 7.40. The number of carbonyl (C=O) groups excluding carboxylic acids is 3. The lowest BCUT2D eigenvalue weighted by Gasteiger charge is -2.09. The van der Waals surface area contributed by atoms with Gasteiger partial charge >= 0.3 is 5.97 Å². The Hall–Kier alpha value is -2.89. The molecule has 0 atom stereocenters. The topological polar surface area (TPSA) is 85.5 Å². The van der Waals surface area contributed by atoms with E-state index < -0.39 is 5.97 Å². The van der Waals surface area contributed by atoms with E-state index in [-0.39, 0.29) is 29.5 Å². The van der Waals surface area contributed by atoms with E-state index in [4.69, 9.17) is 4.74 Å². The number of H-pyrrole nitrogens is 1. The fourth-order valence-electron chi connectivity index (χ4n) is 2.64. The Balaban J connectivity index is 2.20. The minimum atomic E-state index is -0.538. The van der Waals surface area contributed by atoms with E-state index in [1.165, 1.54) is 14.0 Å². The van der Waals surface area contributed by atoms with Gasteiger partial charge in [-0.1, -0.05) is 12.1 Å². The number of Topliss-reactive ketones (excluding diaryl/α,β-unsaturated/α-hetero) is 2. The van der Waals surface area contributed by atoms with Crippen molar-refractivity contribution in [3.8, 4) is 5.75 Å². The third-order valence-corrected chi connectivity index (χ3v) is 3.72. The highest BCUT2D eigenvalue weighted by atomic mass is 16.5. The molecule has 0 amide bonds. The summed E-state index contributed by atoms with van der Waals surface area (Å²) < 4.78 is 10.2. The number of aromatic nitrogens is 1. The minimum Gasteiger partial charge on any atom is -0.484 e. The molecule has 0 bridgehead atoms. The van der Waals surface area contributed by atoms with E-state index in [0.29, 0.717) is 22.5 Å². The number of methoxy groups -OCH3 is 1. The Morgan fingerprint density at radius 3 is 2.38 bits per heavy atom. The number of ketones is 2. The number of hydrogen-bond donors (Lipinski definition) is 1. The van der Waals surface area contributed by atoms with Crippen LogP contribution in [0.1, 0.15) is 49.4 Å². The lowest BCUT2D eigenvalue weighted by molar-refractivity contribution is 0.0594. The second-order valence-corrected chi connectivity index (χ2v) is 5.38. The van der Waals surface area contributed by atoms with Gasteiger partial charge in [-0.05, 0) is 38.5 Å². The number of aromatic amines is 1. The number of rotatable bonds is 6. The predicted molar refractivity (Wildman–Crippen MR) is 87.9 cm³/mol. The SMILES string of the molecule is COC(=O)c1ccccc1OCC(=O)c1[nH]c(C)c(C(C)=O)c1C. The average Bonchev–Trinajstić information content (AvgIpc) is 2.86. The standard InChI is InChI=1S/C18H19NO5/c1-10-16(12(3)20)11(2)19-17(10)14(21)9-24-15-8-6-5-7-13(15)18(22)23-4/h5-8,19H,9H2,1-4H3. The second kappa shape index (κ2) is 7.12. The zero-order valence-corrected chi connectivity index (χ0v) is 14.1. The van der Waals surface area contributed by atoms with Crippen LogP contribution < -0.4 is 4.74 Å². The smallest absolute Gasteiger partial charge is 0.341 e. The summed E-state index contributed by atoms with van der Waals surface area (Å²) in [6.45, 7) is 4.66. The lowest BCUT2D eigenvalue weighted by Crippen LogP contribution is -2.15. The number of ether oxygens (including phenoxy) is 2. The summed E-state index contributed by atoms with van der Waals surface area (Å²) in [7, 11) is 1.28. The third-order valence-electron chi connectivity index (χ3n) is 3.72. The maximum absolute atomic E-state index is 12.4. The van der Waals surface area contributed by atoms with Crippen molar-refractivity contribution in [3.63, 3.8) is 0 Å². The van der Waals surface area contributed by atoms with Gasteiger partial charge in [-0.3, -0.25) is 9.59 Å². The molecular formula is C18H19NO5. The molecule has 1 N–H and O–H groups in total. The molecule has 0 spiro atoms. The van der Waals surface area contributed by atoms with Gasteiger partial charge in [0, 0.05) is 11.3 Å². The van der Waals surface area contributed by atoms with Crippen molar-refractivity contribution in [1.82, 2.24) is 4.98 Å². The quantitative estimate of drug-likeness (QED) is 0.650. The Labute approximate surface area is 139 Å². The van der Waals surface area contributed by atoms with Crippen molar-refractivity contribution in [2.24, 2.45) is 0 Å². The van der Waals surface area contributed by atoms with Crippen molar-refractivity contribution in [2.45, 2.75) is 20.8 Å². The molecular weight excluding hydrogens is 310 g/mol. The second-order valence-electron chi connectivity index (χ2n) is 5.38. The van der Waals surface area contributed by atoms with Crippen LogP contribution >= 0.6 is 0 Å². The molecule has 2 aromatic rings. The number of nitrogens with one attached hydrogen (secondary N) is 1. The summed E-state index contributed by atoms with van der Waals surface area (Å²) in [5.41, 5.74) is 2.37. The van der Waals surface area contributed by atoms with Crippen molar-refractivity contribution in [2.75, 3.05) is 13.7 Å². The van der Waals surface area contributed by atoms with Crippen LogP contribution in [0.3, 0.4) is 0 Å². The first-order valence-corrected chi connectivity index (χ1v) is 7.40. The van der Waals surface area contributed by atoms with Crippen LogP contribution in [0.4, 0.5) is 0 Å². The van der Waals surface area contributed by atoms with E-state index in [9.17, 15) is 14.4 Å². The van der Waals surface area contributed by atoms with Gasteiger partial charge in [0.15, 0.2) is 12.4 Å². The summed E-state index contributed by atoms with van der Waals surface area (Å²) in [5.74, 6) is -0.672. The maximum Gasteiger partial charge on any atom is 0.341 e. The van der Waals surface area contributed by atoms with E-state index in [0.717, 1.165) is 0 Å². The first kappa shape index (κ1) is 17.5. The molecule has 0 aliphatic heterocycles. The van der Waals surface area contributed by atoms with Crippen LogP contribution in [-0.2, 0) is 4.74 Å². The van der Waals surface area contributed by atoms with Crippen molar-refractivity contribution >= 4 is 17.5 Å². The summed E-state index contributed by atoms with van der Waals surface area (Å²) in [6, 6.07) is 6.53. The maximum atomic E-state index is 12.4. The van der Waals surface area contributed by atoms with Gasteiger partial charge in [0.25, 0.3) is 0 Å². The molecule has 0 aliphatic rings. The first-order chi connectivity index (χ1) is 11.4. The number of hydrogen-bond acceptors (Lipinski definition) is 5. The zero-order chi connectivity index (χ0) is 17.9. The summed E-state index contributed by atoms with van der Waals surface area (Å²) in [6.07, 6.45) is 0. The van der Waals surface area contributed by atoms with Crippen LogP contribution in [0.2, 0.25) is 0 Å². The molecule has 0 aliphatic carbocycles. The number of para-hydroxylation sites is 1. The normalized spacial score (nSPS) is 10.3. The fraction of sp³-hybridized carbons (Fsp3) is 0.278. The highest BCUT2D eigenvalue weighted by Crippen LogP contribution is 2.21. The van der Waals surface area contributed by atoms with E-state index in [2.05, 4.69) is 9.72 Å². The monoisotopic (exact) mass is 329 g/mol. The van der Waals surface area contributed by atoms with E-state index >= 15 is 0 Å². The van der Waals surface area contributed by atoms with Crippen molar-refractivity contribution in [3.05, 3.63) is 52.3 Å². The summed E-state index contributed by atoms with van der Waals surface area (Å²) in [4.78, 5) is 38.7. The average molecular weight is 329 g/mol. The third kappa shape index (κ3) is 3.37. The largest absolute Gasteiger partial charge is 0.484 e. The Kier molecular flexibility index (Phi) is 5.18. The number of benzene rings is 1. The van der Waals surface area contributed by atoms with Gasteiger partial charge in [0.1, 0.15) is 11.3 Å². The molecule has 126 valence electrons. The highest BCUT2D eigenvalue weighted by molar-refractivity contribution is 6.03.